The molecule has 7 nitrogen and oxygen atoms in total. The van der Waals surface area contributed by atoms with Crippen LogP contribution in [-0.2, 0) is 26.8 Å². The Morgan fingerprint density at radius 1 is 1.07 bits per heavy atom. The fraction of sp³-hybridized carbons (Fsp3) is 0.0952. The van der Waals surface area contributed by atoms with Crippen LogP contribution in [0.15, 0.2) is 65.7 Å². The lowest BCUT2D eigenvalue weighted by Crippen LogP contribution is -2.23. The van der Waals surface area contributed by atoms with Crippen molar-refractivity contribution in [2.75, 3.05) is 6.54 Å². The quantitative estimate of drug-likeness (QED) is 0.288. The van der Waals surface area contributed by atoms with Gasteiger partial charge in [-0.2, -0.15) is 0 Å². The molecule has 0 bridgehead atoms. The van der Waals surface area contributed by atoms with Gasteiger partial charge in [-0.1, -0.05) is 48.4 Å². The molecule has 146 valence electrons. The molecule has 0 fully saturated rings. The van der Waals surface area contributed by atoms with E-state index in [9.17, 15) is 18.0 Å². The van der Waals surface area contributed by atoms with E-state index >= 15 is 0 Å². The maximum atomic E-state index is 12.2. The Kier molecular flexibility index (Phi) is 6.55. The van der Waals surface area contributed by atoms with Crippen molar-refractivity contribution in [2.45, 2.75) is 11.5 Å². The van der Waals surface area contributed by atoms with E-state index in [-0.39, 0.29) is 23.6 Å². The van der Waals surface area contributed by atoms with E-state index in [1.165, 1.54) is 12.3 Å². The second-order valence-electron chi connectivity index (χ2n) is 5.88. The SMILES string of the molecule is O=C(C#CCNC(=O)c1cnc2c([SH](=O)=O)cccc2c1)OCc1ccccc1. The van der Waals surface area contributed by atoms with Gasteiger partial charge in [-0.15, -0.1) is 0 Å². The predicted molar refractivity (Wildman–Crippen MR) is 107 cm³/mol. The Morgan fingerprint density at radius 3 is 2.62 bits per heavy atom. The predicted octanol–water partition coefficient (Wildman–Crippen LogP) is 1.68. The zero-order valence-electron chi connectivity index (χ0n) is 15.1. The van der Waals surface area contributed by atoms with Crippen LogP contribution in [0.1, 0.15) is 15.9 Å². The van der Waals surface area contributed by atoms with E-state index in [2.05, 4.69) is 22.1 Å². The van der Waals surface area contributed by atoms with Crippen molar-refractivity contribution >= 4 is 33.5 Å². The summed E-state index contributed by atoms with van der Waals surface area (Å²) in [5.74, 6) is 3.70. The Labute approximate surface area is 168 Å². The normalized spacial score (nSPS) is 10.2. The van der Waals surface area contributed by atoms with Crippen LogP contribution in [0.25, 0.3) is 10.9 Å². The second kappa shape index (κ2) is 9.48. The number of carbonyl (C=O) groups is 2. The molecule has 0 aliphatic heterocycles. The van der Waals surface area contributed by atoms with Crippen molar-refractivity contribution in [1.82, 2.24) is 10.3 Å². The number of hydrogen-bond acceptors (Lipinski definition) is 6. The van der Waals surface area contributed by atoms with E-state index in [0.717, 1.165) is 5.56 Å². The van der Waals surface area contributed by atoms with Gasteiger partial charge in [-0.3, -0.25) is 9.78 Å². The largest absolute Gasteiger partial charge is 0.451 e. The molecule has 29 heavy (non-hydrogen) atoms. The number of pyridine rings is 1. The number of ether oxygens (including phenoxy) is 1. The van der Waals surface area contributed by atoms with E-state index < -0.39 is 22.6 Å². The van der Waals surface area contributed by atoms with Crippen LogP contribution in [0.2, 0.25) is 0 Å². The molecule has 1 heterocycles. The third-order valence-electron chi connectivity index (χ3n) is 3.89. The van der Waals surface area contributed by atoms with Crippen LogP contribution in [0, 0.1) is 11.8 Å². The van der Waals surface area contributed by atoms with Crippen LogP contribution < -0.4 is 5.32 Å². The van der Waals surface area contributed by atoms with Crippen molar-refractivity contribution in [3.8, 4) is 11.8 Å². The van der Waals surface area contributed by atoms with Crippen molar-refractivity contribution in [2.24, 2.45) is 0 Å². The molecule has 2 aromatic carbocycles. The number of nitrogens with zero attached hydrogens (tertiary/aromatic N) is 1. The number of amides is 1. The first-order chi connectivity index (χ1) is 14.0. The average Bonchev–Trinajstić information content (AvgIpc) is 2.75. The van der Waals surface area contributed by atoms with Gasteiger partial charge in [0.1, 0.15) is 6.61 Å². The van der Waals surface area contributed by atoms with Crippen LogP contribution in [0.4, 0.5) is 0 Å². The highest BCUT2D eigenvalue weighted by atomic mass is 32.2. The first-order valence-corrected chi connectivity index (χ1v) is 9.73. The zero-order valence-corrected chi connectivity index (χ0v) is 16.0. The number of hydrogen-bond donors (Lipinski definition) is 2. The monoisotopic (exact) mass is 408 g/mol. The molecule has 1 N–H and O–H groups in total. The molecule has 0 spiro atoms. The Morgan fingerprint density at radius 2 is 1.86 bits per heavy atom. The number of aromatic nitrogens is 1. The number of benzene rings is 2. The van der Waals surface area contributed by atoms with E-state index in [0.29, 0.717) is 10.9 Å². The van der Waals surface area contributed by atoms with Gasteiger partial charge in [0.2, 0.25) is 0 Å². The molecule has 0 aliphatic rings. The highest BCUT2D eigenvalue weighted by molar-refractivity contribution is 7.72. The van der Waals surface area contributed by atoms with Crippen LogP contribution in [0.3, 0.4) is 0 Å². The Balaban J connectivity index is 1.56. The summed E-state index contributed by atoms with van der Waals surface area (Å²) < 4.78 is 27.5. The summed E-state index contributed by atoms with van der Waals surface area (Å²) in [6.45, 7) is 0.0735. The first kappa shape index (κ1) is 20.0. The number of fused-ring (bicyclic) bond motifs is 1. The van der Waals surface area contributed by atoms with Gasteiger partial charge >= 0.3 is 5.97 Å². The Hall–Kier alpha value is -3.70. The molecule has 3 rings (SSSR count). The van der Waals surface area contributed by atoms with Crippen molar-refractivity contribution in [3.63, 3.8) is 0 Å². The molecule has 0 unspecified atom stereocenters. The lowest BCUT2D eigenvalue weighted by molar-refractivity contribution is -0.137. The molecule has 0 saturated heterocycles. The van der Waals surface area contributed by atoms with E-state index in [4.69, 9.17) is 4.74 Å². The van der Waals surface area contributed by atoms with Gasteiger partial charge in [-0.25, -0.2) is 13.2 Å². The minimum atomic E-state index is -2.78. The van der Waals surface area contributed by atoms with Gasteiger partial charge < -0.3 is 10.1 Å². The first-order valence-electron chi connectivity index (χ1n) is 8.55. The highest BCUT2D eigenvalue weighted by Gasteiger charge is 2.09. The van der Waals surface area contributed by atoms with Crippen LogP contribution in [-0.4, -0.2) is 31.8 Å². The maximum absolute atomic E-state index is 12.2. The van der Waals surface area contributed by atoms with E-state index in [1.807, 2.05) is 30.3 Å². The number of carbonyl (C=O) groups excluding carboxylic acids is 2. The number of esters is 1. The molecule has 3 aromatic rings. The third kappa shape index (κ3) is 5.40. The number of para-hydroxylation sites is 1. The van der Waals surface area contributed by atoms with E-state index in [1.54, 1.807) is 18.2 Å². The van der Waals surface area contributed by atoms with Crippen molar-refractivity contribution in [3.05, 3.63) is 71.9 Å². The van der Waals surface area contributed by atoms with Gasteiger partial charge in [0.25, 0.3) is 5.91 Å². The number of rotatable bonds is 5. The molecule has 8 heteroatoms. The average molecular weight is 408 g/mol. The number of nitrogens with one attached hydrogen (secondary N) is 1. The van der Waals surface area contributed by atoms with Crippen molar-refractivity contribution < 1.29 is 22.7 Å². The smallest absolute Gasteiger partial charge is 0.384 e. The zero-order chi connectivity index (χ0) is 20.6. The van der Waals surface area contributed by atoms with Gasteiger partial charge in [-0.05, 0) is 17.7 Å². The van der Waals surface area contributed by atoms with Gasteiger partial charge in [0, 0.05) is 17.5 Å². The van der Waals surface area contributed by atoms with Crippen molar-refractivity contribution in [1.29, 1.82) is 0 Å². The van der Waals surface area contributed by atoms with Crippen LogP contribution in [0.5, 0.6) is 0 Å². The van der Waals surface area contributed by atoms with Gasteiger partial charge in [0.15, 0.2) is 10.7 Å². The second-order valence-corrected chi connectivity index (χ2v) is 6.87. The maximum Gasteiger partial charge on any atom is 0.384 e. The summed E-state index contributed by atoms with van der Waals surface area (Å²) >= 11 is 0. The summed E-state index contributed by atoms with van der Waals surface area (Å²) in [4.78, 5) is 28.0. The minimum Gasteiger partial charge on any atom is -0.451 e. The third-order valence-corrected chi connectivity index (χ3v) is 4.64. The minimum absolute atomic E-state index is 0.0518. The summed E-state index contributed by atoms with van der Waals surface area (Å²) in [7, 11) is -2.78. The number of thiol groups is 1. The molecule has 0 atom stereocenters. The molecular formula is C21H16N2O5S. The fourth-order valence-electron chi connectivity index (χ4n) is 2.52. The fourth-order valence-corrected chi connectivity index (χ4v) is 3.09. The highest BCUT2D eigenvalue weighted by Crippen LogP contribution is 2.18. The Bertz CT molecular complexity index is 1190. The molecule has 0 saturated carbocycles. The molecule has 0 radical (unpaired) electrons. The molecule has 0 aliphatic carbocycles. The molecular weight excluding hydrogens is 392 g/mol. The van der Waals surface area contributed by atoms with Crippen LogP contribution >= 0.6 is 0 Å². The summed E-state index contributed by atoms with van der Waals surface area (Å²) in [5, 5.41) is 3.08. The summed E-state index contributed by atoms with van der Waals surface area (Å²) in [6.07, 6.45) is 1.29. The van der Waals surface area contributed by atoms with Gasteiger partial charge in [0.05, 0.1) is 22.5 Å². The molecule has 1 aromatic heterocycles. The molecule has 1 amide bonds. The topological polar surface area (TPSA) is 102 Å². The summed E-state index contributed by atoms with van der Waals surface area (Å²) in [6, 6.07) is 15.5. The lowest BCUT2D eigenvalue weighted by Gasteiger charge is -2.04. The summed E-state index contributed by atoms with van der Waals surface area (Å²) in [5.41, 5.74) is 1.41. The standard InChI is InChI=1S/C21H16N2O5S/c24-19(28-14-15-6-2-1-3-7-15)10-5-11-22-21(25)17-12-16-8-4-9-18(29(26)27)20(16)23-13-17/h1-4,6-9,12-13,29H,11,14H2,(H,22,25). The lowest BCUT2D eigenvalue weighted by atomic mass is 10.1.